The molecule has 0 spiro atoms. The Morgan fingerprint density at radius 1 is 1.19 bits per heavy atom. The van der Waals surface area contributed by atoms with Crippen LogP contribution in [-0.4, -0.2) is 36.3 Å². The van der Waals surface area contributed by atoms with E-state index in [2.05, 4.69) is 0 Å². The van der Waals surface area contributed by atoms with Crippen molar-refractivity contribution in [1.29, 1.82) is 0 Å². The number of hydrogen-bond donors (Lipinski definition) is 1. The molecule has 27 heavy (non-hydrogen) atoms. The van der Waals surface area contributed by atoms with Crippen molar-refractivity contribution in [3.05, 3.63) is 58.3 Å². The summed E-state index contributed by atoms with van der Waals surface area (Å²) in [4.78, 5) is 41.4. The predicted molar refractivity (Wildman–Crippen MR) is 98.5 cm³/mol. The van der Waals surface area contributed by atoms with Gasteiger partial charge in [-0.15, -0.1) is 11.3 Å². The molecule has 6 nitrogen and oxygen atoms in total. The lowest BCUT2D eigenvalue weighted by molar-refractivity contribution is -0.741. The van der Waals surface area contributed by atoms with Gasteiger partial charge in [-0.1, -0.05) is 36.4 Å². The molecular formula is C20H21N2O4S+. The minimum Gasteiger partial charge on any atom is -0.461 e. The van der Waals surface area contributed by atoms with Gasteiger partial charge in [0.1, 0.15) is 17.9 Å². The van der Waals surface area contributed by atoms with Crippen LogP contribution >= 0.6 is 11.3 Å². The number of amides is 2. The quantitative estimate of drug-likeness (QED) is 0.630. The van der Waals surface area contributed by atoms with E-state index in [9.17, 15) is 14.4 Å². The molecule has 4 rings (SSSR count). The van der Waals surface area contributed by atoms with Crippen molar-refractivity contribution in [2.75, 3.05) is 13.7 Å². The largest absolute Gasteiger partial charge is 0.461 e. The summed E-state index contributed by atoms with van der Waals surface area (Å²) in [6.07, 6.45) is 0. The average Bonchev–Trinajstić information content (AvgIpc) is 3.37. The molecule has 7 heteroatoms. The number of hydrogen-bond acceptors (Lipinski definition) is 5. The molecule has 1 aromatic heterocycles. The summed E-state index contributed by atoms with van der Waals surface area (Å²) in [5.74, 6) is -2.41. The first-order chi connectivity index (χ1) is 13.0. The van der Waals surface area contributed by atoms with Crippen LogP contribution in [0.5, 0.6) is 0 Å². The van der Waals surface area contributed by atoms with Gasteiger partial charge in [-0.05, 0) is 18.4 Å². The fourth-order valence-electron chi connectivity index (χ4n) is 4.46. The zero-order valence-electron chi connectivity index (χ0n) is 15.1. The van der Waals surface area contributed by atoms with Crippen molar-refractivity contribution in [1.82, 2.24) is 4.90 Å². The Kier molecular flexibility index (Phi) is 4.36. The number of benzene rings is 1. The van der Waals surface area contributed by atoms with E-state index in [0.29, 0.717) is 5.56 Å². The van der Waals surface area contributed by atoms with Crippen LogP contribution in [0, 0.1) is 11.8 Å². The number of nitrogens with zero attached hydrogens (tertiary/aromatic N) is 1. The Hall–Kier alpha value is -2.51. The number of carbonyl (C=O) groups excluding carboxylic acids is 3. The maximum absolute atomic E-state index is 13.3. The van der Waals surface area contributed by atoms with Crippen molar-refractivity contribution in [2.45, 2.75) is 18.5 Å². The molecule has 2 aromatic rings. The summed E-state index contributed by atoms with van der Waals surface area (Å²) in [6.45, 7) is 1.95. The molecule has 2 amide bonds. The molecular weight excluding hydrogens is 364 g/mol. The summed E-state index contributed by atoms with van der Waals surface area (Å²) < 4.78 is 5.43. The number of ether oxygens (including phenoxy) is 1. The van der Waals surface area contributed by atoms with Crippen LogP contribution in [0.4, 0.5) is 0 Å². The molecule has 4 atom stereocenters. The fraction of sp³-hybridized carbons (Fsp3) is 0.350. The molecule has 0 radical (unpaired) electrons. The van der Waals surface area contributed by atoms with Gasteiger partial charge in [0.15, 0.2) is 0 Å². The van der Waals surface area contributed by atoms with Gasteiger partial charge in [0, 0.05) is 12.6 Å². The first-order valence-electron chi connectivity index (χ1n) is 8.96. The highest BCUT2D eigenvalue weighted by molar-refractivity contribution is 7.10. The van der Waals surface area contributed by atoms with E-state index < -0.39 is 23.3 Å². The highest BCUT2D eigenvalue weighted by Gasteiger charge is 2.73. The molecule has 2 saturated heterocycles. The first kappa shape index (κ1) is 17.9. The maximum Gasteiger partial charge on any atom is 0.373 e. The van der Waals surface area contributed by atoms with E-state index in [1.165, 1.54) is 23.3 Å². The smallest absolute Gasteiger partial charge is 0.373 e. The Bertz CT molecular complexity index is 883. The van der Waals surface area contributed by atoms with E-state index in [0.717, 1.165) is 4.88 Å². The molecule has 0 bridgehead atoms. The minimum atomic E-state index is -1.27. The van der Waals surface area contributed by atoms with Crippen molar-refractivity contribution in [3.63, 3.8) is 0 Å². The van der Waals surface area contributed by atoms with E-state index in [4.69, 9.17) is 4.74 Å². The summed E-state index contributed by atoms with van der Waals surface area (Å²) in [6, 6.07) is 12.8. The second-order valence-electron chi connectivity index (χ2n) is 6.90. The maximum atomic E-state index is 13.3. The second kappa shape index (κ2) is 6.58. The van der Waals surface area contributed by atoms with Gasteiger partial charge in [-0.3, -0.25) is 14.5 Å². The van der Waals surface area contributed by atoms with Gasteiger partial charge in [-0.2, -0.15) is 0 Å². The van der Waals surface area contributed by atoms with E-state index in [1.54, 1.807) is 6.92 Å². The molecule has 2 aliphatic rings. The standard InChI is InChI=1S/C20H20N2O4S/c1-3-26-19(25)20(12-8-5-4-6-9-12)15-14(17(23)22(2)18(15)24)16(21-20)13-10-7-11-27-13/h4-11,14-16,21H,3H2,1-2H3/p+1/t14-,15-,16-,20-/m0/s1. The first-order valence-corrected chi connectivity index (χ1v) is 9.84. The van der Waals surface area contributed by atoms with Gasteiger partial charge in [-0.25, -0.2) is 4.79 Å². The summed E-state index contributed by atoms with van der Waals surface area (Å²) in [5, 5.41) is 3.82. The fourth-order valence-corrected chi connectivity index (χ4v) is 5.30. The number of fused-ring (bicyclic) bond motifs is 1. The highest BCUT2D eigenvalue weighted by Crippen LogP contribution is 2.48. The van der Waals surface area contributed by atoms with Gasteiger partial charge in [0.2, 0.25) is 17.4 Å². The Morgan fingerprint density at radius 3 is 2.56 bits per heavy atom. The van der Waals surface area contributed by atoms with Crippen molar-refractivity contribution in [2.24, 2.45) is 11.8 Å². The van der Waals surface area contributed by atoms with E-state index in [1.807, 2.05) is 53.2 Å². The second-order valence-corrected chi connectivity index (χ2v) is 7.88. The van der Waals surface area contributed by atoms with Gasteiger partial charge in [0.05, 0.1) is 11.5 Å². The molecule has 2 N–H and O–H groups in total. The summed E-state index contributed by atoms with van der Waals surface area (Å²) in [5.41, 5.74) is -0.581. The van der Waals surface area contributed by atoms with Crippen LogP contribution < -0.4 is 5.32 Å². The number of imide groups is 1. The van der Waals surface area contributed by atoms with E-state index in [-0.39, 0.29) is 24.5 Å². The topological polar surface area (TPSA) is 80.3 Å². The minimum absolute atomic E-state index is 0.209. The van der Waals surface area contributed by atoms with Crippen LogP contribution in [-0.2, 0) is 24.7 Å². The molecule has 2 fully saturated rings. The molecule has 0 unspecified atom stereocenters. The molecule has 140 valence electrons. The monoisotopic (exact) mass is 385 g/mol. The normalized spacial score (nSPS) is 29.9. The number of quaternary nitrogens is 1. The highest BCUT2D eigenvalue weighted by atomic mass is 32.1. The zero-order chi connectivity index (χ0) is 19.2. The van der Waals surface area contributed by atoms with Crippen LogP contribution in [0.15, 0.2) is 47.8 Å². The number of thiophene rings is 1. The molecule has 1 aromatic carbocycles. The van der Waals surface area contributed by atoms with Gasteiger partial charge < -0.3 is 10.1 Å². The lowest BCUT2D eigenvalue weighted by Crippen LogP contribution is -2.96. The number of carbonyl (C=O) groups is 3. The lowest BCUT2D eigenvalue weighted by Gasteiger charge is -2.29. The van der Waals surface area contributed by atoms with Crippen LogP contribution in [0.1, 0.15) is 23.4 Å². The van der Waals surface area contributed by atoms with Crippen molar-refractivity contribution in [3.8, 4) is 0 Å². The number of esters is 1. The third-order valence-electron chi connectivity index (χ3n) is 5.63. The number of nitrogens with two attached hydrogens (primary N) is 1. The lowest BCUT2D eigenvalue weighted by atomic mass is 9.75. The molecule has 2 aliphatic heterocycles. The van der Waals surface area contributed by atoms with Crippen LogP contribution in [0.25, 0.3) is 0 Å². The Morgan fingerprint density at radius 2 is 1.93 bits per heavy atom. The third-order valence-corrected chi connectivity index (χ3v) is 6.60. The van der Waals surface area contributed by atoms with Crippen LogP contribution in [0.3, 0.4) is 0 Å². The molecule has 0 aliphatic carbocycles. The van der Waals surface area contributed by atoms with Crippen molar-refractivity contribution < 1.29 is 24.4 Å². The SMILES string of the molecule is CCOC(=O)[C@@]1(c2ccccc2)[NH2+][C@@H](c2cccs2)[C@H]2C(=O)N(C)C(=O)[C@H]21. The number of rotatable bonds is 4. The van der Waals surface area contributed by atoms with E-state index >= 15 is 0 Å². The third kappa shape index (κ3) is 2.45. The average molecular weight is 385 g/mol. The zero-order valence-corrected chi connectivity index (χ0v) is 15.9. The number of likely N-dealkylation sites (tertiary alicyclic amines) is 1. The van der Waals surface area contributed by atoms with Crippen molar-refractivity contribution >= 4 is 29.1 Å². The molecule has 3 heterocycles. The summed E-state index contributed by atoms with van der Waals surface area (Å²) >= 11 is 1.53. The predicted octanol–water partition coefficient (Wildman–Crippen LogP) is 1.06. The Labute approximate surface area is 161 Å². The Balaban J connectivity index is 1.93. The summed E-state index contributed by atoms with van der Waals surface area (Å²) in [7, 11) is 1.50. The molecule has 0 saturated carbocycles. The van der Waals surface area contributed by atoms with Gasteiger partial charge >= 0.3 is 5.97 Å². The van der Waals surface area contributed by atoms with Crippen LogP contribution in [0.2, 0.25) is 0 Å². The van der Waals surface area contributed by atoms with Gasteiger partial charge in [0.25, 0.3) is 0 Å².